The van der Waals surface area contributed by atoms with E-state index in [0.29, 0.717) is 0 Å². The molecule has 0 amide bonds. The fraction of sp³-hybridized carbons (Fsp3) is 1.00. The molecule has 1 saturated heterocycles. The molecule has 0 bridgehead atoms. The molecule has 1 nitrogen and oxygen atoms in total. The number of rotatable bonds is 1. The molecule has 0 spiro atoms. The first-order chi connectivity index (χ1) is 5.33. The molecule has 1 aliphatic carbocycles. The van der Waals surface area contributed by atoms with Crippen molar-refractivity contribution >= 4 is 0 Å². The number of fused-ring (bicyclic) bond motifs is 1. The molecule has 3 unspecified atom stereocenters. The van der Waals surface area contributed by atoms with Gasteiger partial charge in [0.2, 0.25) is 0 Å². The molecule has 2 fully saturated rings. The lowest BCUT2D eigenvalue weighted by atomic mass is 10.0. The highest BCUT2D eigenvalue weighted by Gasteiger charge is 2.40. The Balaban J connectivity index is 2.04. The van der Waals surface area contributed by atoms with Gasteiger partial charge in [-0.2, -0.15) is 0 Å². The van der Waals surface area contributed by atoms with Crippen molar-refractivity contribution in [2.24, 2.45) is 5.92 Å². The molecule has 2 aliphatic rings. The molecule has 1 heterocycles. The fourth-order valence-corrected chi connectivity index (χ4v) is 3.07. The zero-order chi connectivity index (χ0) is 7.84. The summed E-state index contributed by atoms with van der Waals surface area (Å²) in [6.07, 6.45) is 7.29. The summed E-state index contributed by atoms with van der Waals surface area (Å²) in [6, 6.07) is 1.87. The molecule has 0 aromatic rings. The second-order valence-corrected chi connectivity index (χ2v) is 4.22. The van der Waals surface area contributed by atoms with Crippen LogP contribution in [0.4, 0.5) is 0 Å². The van der Waals surface area contributed by atoms with Gasteiger partial charge in [-0.25, -0.2) is 0 Å². The van der Waals surface area contributed by atoms with Crippen LogP contribution < -0.4 is 0 Å². The molecule has 1 saturated carbocycles. The summed E-state index contributed by atoms with van der Waals surface area (Å²) >= 11 is 0. The predicted octanol–water partition coefficient (Wildman–Crippen LogP) is 2.27. The number of likely N-dealkylation sites (tertiary alicyclic amines) is 1. The predicted molar refractivity (Wildman–Crippen MR) is 47.6 cm³/mol. The Morgan fingerprint density at radius 2 is 2.18 bits per heavy atom. The van der Waals surface area contributed by atoms with E-state index in [0.717, 1.165) is 18.0 Å². The maximum Gasteiger partial charge on any atom is 0.0124 e. The highest BCUT2D eigenvalue weighted by atomic mass is 15.2. The molecule has 0 aromatic heterocycles. The van der Waals surface area contributed by atoms with Crippen LogP contribution in [0.1, 0.15) is 39.0 Å². The smallest absolute Gasteiger partial charge is 0.0124 e. The van der Waals surface area contributed by atoms with Gasteiger partial charge in [-0.05, 0) is 38.6 Å². The van der Waals surface area contributed by atoms with Gasteiger partial charge in [-0.3, -0.25) is 0 Å². The molecular formula is C10H19N. The van der Waals surface area contributed by atoms with E-state index in [2.05, 4.69) is 18.9 Å². The summed E-state index contributed by atoms with van der Waals surface area (Å²) in [7, 11) is 2.32. The topological polar surface area (TPSA) is 3.24 Å². The minimum absolute atomic E-state index is 0.908. The van der Waals surface area contributed by atoms with Crippen molar-refractivity contribution in [3.8, 4) is 0 Å². The molecule has 0 aromatic carbocycles. The zero-order valence-corrected chi connectivity index (χ0v) is 7.71. The minimum Gasteiger partial charge on any atom is -0.300 e. The molecule has 1 aliphatic heterocycles. The lowest BCUT2D eigenvalue weighted by molar-refractivity contribution is 0.229. The first kappa shape index (κ1) is 7.60. The maximum absolute atomic E-state index is 2.64. The zero-order valence-electron chi connectivity index (χ0n) is 7.71. The summed E-state index contributed by atoms with van der Waals surface area (Å²) in [5.74, 6) is 1.06. The highest BCUT2D eigenvalue weighted by Crippen LogP contribution is 2.40. The molecule has 11 heavy (non-hydrogen) atoms. The Kier molecular flexibility index (Phi) is 1.92. The van der Waals surface area contributed by atoms with Crippen LogP contribution in [0.25, 0.3) is 0 Å². The van der Waals surface area contributed by atoms with Gasteiger partial charge in [0.15, 0.2) is 0 Å². The largest absolute Gasteiger partial charge is 0.300 e. The standard InChI is InChI=1S/C10H19N/c1-3-9-7-8-5-4-6-10(8)11(9)2/h8-10H,3-7H2,1-2H3. The normalized spacial score (nSPS) is 44.7. The van der Waals surface area contributed by atoms with Crippen LogP contribution in [-0.4, -0.2) is 24.0 Å². The SMILES string of the molecule is CCC1CC2CCCC2N1C. The quantitative estimate of drug-likeness (QED) is 0.558. The van der Waals surface area contributed by atoms with Crippen LogP contribution in [0.2, 0.25) is 0 Å². The van der Waals surface area contributed by atoms with Crippen LogP contribution >= 0.6 is 0 Å². The van der Waals surface area contributed by atoms with Crippen LogP contribution in [0.15, 0.2) is 0 Å². The van der Waals surface area contributed by atoms with Gasteiger partial charge >= 0.3 is 0 Å². The summed E-state index contributed by atoms with van der Waals surface area (Å²) in [5, 5.41) is 0. The van der Waals surface area contributed by atoms with Crippen molar-refractivity contribution in [2.45, 2.75) is 51.1 Å². The molecule has 2 rings (SSSR count). The molecule has 0 N–H and O–H groups in total. The van der Waals surface area contributed by atoms with E-state index in [1.165, 1.54) is 32.1 Å². The first-order valence-corrected chi connectivity index (χ1v) is 5.05. The van der Waals surface area contributed by atoms with Crippen molar-refractivity contribution in [3.63, 3.8) is 0 Å². The Labute approximate surface area is 69.8 Å². The summed E-state index contributed by atoms with van der Waals surface area (Å²) < 4.78 is 0. The van der Waals surface area contributed by atoms with Crippen molar-refractivity contribution in [2.75, 3.05) is 7.05 Å². The second-order valence-electron chi connectivity index (χ2n) is 4.22. The number of hydrogen-bond acceptors (Lipinski definition) is 1. The lowest BCUT2D eigenvalue weighted by Gasteiger charge is -2.23. The third-order valence-corrected chi connectivity index (χ3v) is 3.76. The molecule has 3 atom stereocenters. The van der Waals surface area contributed by atoms with Gasteiger partial charge in [0, 0.05) is 12.1 Å². The Morgan fingerprint density at radius 1 is 1.36 bits per heavy atom. The molecule has 0 radical (unpaired) electrons. The van der Waals surface area contributed by atoms with E-state index in [1.807, 2.05) is 0 Å². The first-order valence-electron chi connectivity index (χ1n) is 5.05. The number of hydrogen-bond donors (Lipinski definition) is 0. The van der Waals surface area contributed by atoms with Crippen LogP contribution in [-0.2, 0) is 0 Å². The highest BCUT2D eigenvalue weighted by molar-refractivity contribution is 4.94. The Hall–Kier alpha value is -0.0400. The van der Waals surface area contributed by atoms with Gasteiger partial charge in [-0.15, -0.1) is 0 Å². The average Bonchev–Trinajstić information content (AvgIpc) is 2.53. The lowest BCUT2D eigenvalue weighted by Crippen LogP contribution is -2.31. The van der Waals surface area contributed by atoms with Crippen LogP contribution in [0.5, 0.6) is 0 Å². The summed E-state index contributed by atoms with van der Waals surface area (Å²) in [5.41, 5.74) is 0. The summed E-state index contributed by atoms with van der Waals surface area (Å²) in [4.78, 5) is 2.64. The van der Waals surface area contributed by atoms with Gasteiger partial charge in [0.25, 0.3) is 0 Å². The monoisotopic (exact) mass is 153 g/mol. The Bertz CT molecular complexity index is 144. The van der Waals surface area contributed by atoms with E-state index in [9.17, 15) is 0 Å². The molecular weight excluding hydrogens is 134 g/mol. The van der Waals surface area contributed by atoms with Gasteiger partial charge in [0.05, 0.1) is 0 Å². The van der Waals surface area contributed by atoms with Gasteiger partial charge in [-0.1, -0.05) is 13.3 Å². The van der Waals surface area contributed by atoms with E-state index in [1.54, 1.807) is 0 Å². The third kappa shape index (κ3) is 1.10. The van der Waals surface area contributed by atoms with E-state index in [-0.39, 0.29) is 0 Å². The van der Waals surface area contributed by atoms with E-state index < -0.39 is 0 Å². The van der Waals surface area contributed by atoms with E-state index in [4.69, 9.17) is 0 Å². The van der Waals surface area contributed by atoms with E-state index >= 15 is 0 Å². The third-order valence-electron chi connectivity index (χ3n) is 3.76. The maximum atomic E-state index is 2.64. The van der Waals surface area contributed by atoms with Gasteiger partial charge in [0.1, 0.15) is 0 Å². The number of nitrogens with zero attached hydrogens (tertiary/aromatic N) is 1. The molecule has 1 heteroatoms. The minimum atomic E-state index is 0.908. The van der Waals surface area contributed by atoms with Crippen molar-refractivity contribution < 1.29 is 0 Å². The average molecular weight is 153 g/mol. The van der Waals surface area contributed by atoms with Crippen molar-refractivity contribution in [1.29, 1.82) is 0 Å². The summed E-state index contributed by atoms with van der Waals surface area (Å²) in [6.45, 7) is 2.32. The molecule has 64 valence electrons. The van der Waals surface area contributed by atoms with Gasteiger partial charge < -0.3 is 4.90 Å². The second kappa shape index (κ2) is 2.78. The van der Waals surface area contributed by atoms with Crippen molar-refractivity contribution in [1.82, 2.24) is 4.90 Å². The Morgan fingerprint density at radius 3 is 2.82 bits per heavy atom. The van der Waals surface area contributed by atoms with Crippen molar-refractivity contribution in [3.05, 3.63) is 0 Å². The van der Waals surface area contributed by atoms with Crippen LogP contribution in [0, 0.1) is 5.92 Å². The fourth-order valence-electron chi connectivity index (χ4n) is 3.07. The van der Waals surface area contributed by atoms with Crippen LogP contribution in [0.3, 0.4) is 0 Å².